The SMILES string of the molecule is C=CCO[C@H](c1ccc(OCC)cc1)c1cc(Br)ccc1Cl. The fraction of sp³-hybridized carbons (Fsp3) is 0.222. The molecule has 22 heavy (non-hydrogen) atoms. The van der Waals surface area contributed by atoms with Crippen LogP contribution >= 0.6 is 27.5 Å². The average Bonchev–Trinajstić information content (AvgIpc) is 2.52. The normalized spacial score (nSPS) is 12.0. The largest absolute Gasteiger partial charge is 0.494 e. The molecule has 4 heteroatoms. The fourth-order valence-corrected chi connectivity index (χ4v) is 2.75. The van der Waals surface area contributed by atoms with Crippen LogP contribution < -0.4 is 4.74 Å². The van der Waals surface area contributed by atoms with Crippen LogP contribution in [0.4, 0.5) is 0 Å². The molecule has 0 saturated heterocycles. The highest BCUT2D eigenvalue weighted by atomic mass is 79.9. The molecule has 2 aromatic rings. The van der Waals surface area contributed by atoms with Gasteiger partial charge in [-0.25, -0.2) is 0 Å². The first-order valence-electron chi connectivity index (χ1n) is 7.06. The van der Waals surface area contributed by atoms with E-state index in [2.05, 4.69) is 22.5 Å². The van der Waals surface area contributed by atoms with E-state index >= 15 is 0 Å². The van der Waals surface area contributed by atoms with Crippen molar-refractivity contribution in [1.82, 2.24) is 0 Å². The first-order chi connectivity index (χ1) is 10.7. The second-order valence-electron chi connectivity index (χ2n) is 4.67. The van der Waals surface area contributed by atoms with Crippen LogP contribution in [-0.2, 0) is 4.74 Å². The maximum Gasteiger partial charge on any atom is 0.119 e. The standard InChI is InChI=1S/C18H18BrClO2/c1-3-11-22-18(16-12-14(19)7-10-17(16)20)13-5-8-15(9-6-13)21-4-2/h3,5-10,12,18H,1,4,11H2,2H3/t18-/m1/s1. The summed E-state index contributed by atoms with van der Waals surface area (Å²) in [7, 11) is 0. The summed E-state index contributed by atoms with van der Waals surface area (Å²) in [6.45, 7) is 6.77. The van der Waals surface area contributed by atoms with E-state index in [1.54, 1.807) is 6.08 Å². The highest BCUT2D eigenvalue weighted by molar-refractivity contribution is 9.10. The van der Waals surface area contributed by atoms with Crippen molar-refractivity contribution in [3.63, 3.8) is 0 Å². The van der Waals surface area contributed by atoms with Crippen molar-refractivity contribution in [3.8, 4) is 5.75 Å². The van der Waals surface area contributed by atoms with Gasteiger partial charge in [0.2, 0.25) is 0 Å². The summed E-state index contributed by atoms with van der Waals surface area (Å²) in [6, 6.07) is 13.6. The molecule has 116 valence electrons. The Bertz CT molecular complexity index is 625. The molecule has 0 heterocycles. The van der Waals surface area contributed by atoms with Crippen LogP contribution in [0, 0.1) is 0 Å². The molecule has 0 N–H and O–H groups in total. The molecule has 0 bridgehead atoms. The Morgan fingerprint density at radius 2 is 1.95 bits per heavy atom. The lowest BCUT2D eigenvalue weighted by Gasteiger charge is -2.20. The van der Waals surface area contributed by atoms with Gasteiger partial charge < -0.3 is 9.47 Å². The Morgan fingerprint density at radius 1 is 1.23 bits per heavy atom. The van der Waals surface area contributed by atoms with Gasteiger partial charge in [-0.3, -0.25) is 0 Å². The van der Waals surface area contributed by atoms with Crippen LogP contribution in [0.3, 0.4) is 0 Å². The Hall–Kier alpha value is -1.29. The van der Waals surface area contributed by atoms with Crippen LogP contribution in [0.2, 0.25) is 5.02 Å². The molecule has 0 amide bonds. The molecule has 2 nitrogen and oxygen atoms in total. The summed E-state index contributed by atoms with van der Waals surface area (Å²) in [4.78, 5) is 0. The monoisotopic (exact) mass is 380 g/mol. The zero-order chi connectivity index (χ0) is 15.9. The Labute approximate surface area is 144 Å². The molecule has 0 unspecified atom stereocenters. The number of halogens is 2. The average molecular weight is 382 g/mol. The third kappa shape index (κ3) is 4.35. The second-order valence-corrected chi connectivity index (χ2v) is 5.99. The molecule has 2 rings (SSSR count). The number of rotatable bonds is 7. The number of benzene rings is 2. The van der Waals surface area contributed by atoms with Crippen LogP contribution in [-0.4, -0.2) is 13.2 Å². The third-order valence-corrected chi connectivity index (χ3v) is 3.95. The molecule has 1 atom stereocenters. The van der Waals surface area contributed by atoms with E-state index in [4.69, 9.17) is 21.1 Å². The highest BCUT2D eigenvalue weighted by Crippen LogP contribution is 2.34. The molecule has 0 aromatic heterocycles. The van der Waals surface area contributed by atoms with Crippen molar-refractivity contribution in [2.24, 2.45) is 0 Å². The highest BCUT2D eigenvalue weighted by Gasteiger charge is 2.18. The number of hydrogen-bond acceptors (Lipinski definition) is 2. The van der Waals surface area contributed by atoms with E-state index in [-0.39, 0.29) is 6.10 Å². The lowest BCUT2D eigenvalue weighted by molar-refractivity contribution is 0.104. The first-order valence-corrected chi connectivity index (χ1v) is 8.23. The van der Waals surface area contributed by atoms with Gasteiger partial charge in [0.05, 0.1) is 13.2 Å². The first kappa shape index (κ1) is 17.1. The Morgan fingerprint density at radius 3 is 2.59 bits per heavy atom. The lowest BCUT2D eigenvalue weighted by Crippen LogP contribution is -2.07. The molecular weight excluding hydrogens is 364 g/mol. The fourth-order valence-electron chi connectivity index (χ4n) is 2.15. The summed E-state index contributed by atoms with van der Waals surface area (Å²) in [5.74, 6) is 0.842. The summed E-state index contributed by atoms with van der Waals surface area (Å²) < 4.78 is 12.4. The topological polar surface area (TPSA) is 18.5 Å². The van der Waals surface area contributed by atoms with Gasteiger partial charge in [0.25, 0.3) is 0 Å². The van der Waals surface area contributed by atoms with E-state index < -0.39 is 0 Å². The molecule has 0 saturated carbocycles. The molecule has 0 radical (unpaired) electrons. The van der Waals surface area contributed by atoms with Gasteiger partial charge in [0, 0.05) is 15.1 Å². The maximum atomic E-state index is 6.35. The van der Waals surface area contributed by atoms with E-state index in [9.17, 15) is 0 Å². The molecule has 0 aliphatic rings. The Kier molecular flexibility index (Phi) is 6.49. The minimum Gasteiger partial charge on any atom is -0.494 e. The maximum absolute atomic E-state index is 6.35. The van der Waals surface area contributed by atoms with Crippen molar-refractivity contribution >= 4 is 27.5 Å². The van der Waals surface area contributed by atoms with Crippen molar-refractivity contribution < 1.29 is 9.47 Å². The lowest BCUT2D eigenvalue weighted by atomic mass is 10.0. The van der Waals surface area contributed by atoms with Gasteiger partial charge >= 0.3 is 0 Å². The van der Waals surface area contributed by atoms with Gasteiger partial charge in [-0.1, -0.05) is 45.7 Å². The summed E-state index contributed by atoms with van der Waals surface area (Å²) in [6.07, 6.45) is 1.48. The number of ether oxygens (including phenoxy) is 2. The van der Waals surface area contributed by atoms with E-state index in [1.165, 1.54) is 0 Å². The molecule has 0 fully saturated rings. The quantitative estimate of drug-likeness (QED) is 0.565. The molecule has 0 aliphatic carbocycles. The van der Waals surface area contributed by atoms with Crippen molar-refractivity contribution in [3.05, 3.63) is 75.7 Å². The van der Waals surface area contributed by atoms with Crippen molar-refractivity contribution in [2.45, 2.75) is 13.0 Å². The minimum absolute atomic E-state index is 0.251. The van der Waals surface area contributed by atoms with Gasteiger partial charge in [-0.2, -0.15) is 0 Å². The summed E-state index contributed by atoms with van der Waals surface area (Å²) in [5, 5.41) is 0.672. The molecule has 0 spiro atoms. The molecule has 2 aromatic carbocycles. The molecular formula is C18H18BrClO2. The van der Waals surface area contributed by atoms with Gasteiger partial charge in [-0.05, 0) is 42.8 Å². The van der Waals surface area contributed by atoms with E-state index in [0.29, 0.717) is 18.2 Å². The van der Waals surface area contributed by atoms with Crippen LogP contribution in [0.1, 0.15) is 24.2 Å². The van der Waals surface area contributed by atoms with E-state index in [0.717, 1.165) is 21.3 Å². The van der Waals surface area contributed by atoms with Gasteiger partial charge in [-0.15, -0.1) is 6.58 Å². The zero-order valence-electron chi connectivity index (χ0n) is 12.4. The zero-order valence-corrected chi connectivity index (χ0v) is 14.7. The van der Waals surface area contributed by atoms with Crippen molar-refractivity contribution in [2.75, 3.05) is 13.2 Å². The number of hydrogen-bond donors (Lipinski definition) is 0. The summed E-state index contributed by atoms with van der Waals surface area (Å²) >= 11 is 9.83. The van der Waals surface area contributed by atoms with Gasteiger partial charge in [0.15, 0.2) is 0 Å². The van der Waals surface area contributed by atoms with Crippen LogP contribution in [0.15, 0.2) is 59.6 Å². The van der Waals surface area contributed by atoms with E-state index in [1.807, 2.05) is 49.4 Å². The third-order valence-electron chi connectivity index (χ3n) is 3.12. The minimum atomic E-state index is -0.251. The smallest absolute Gasteiger partial charge is 0.119 e. The predicted molar refractivity (Wildman–Crippen MR) is 94.8 cm³/mol. The van der Waals surface area contributed by atoms with Crippen molar-refractivity contribution in [1.29, 1.82) is 0 Å². The Balaban J connectivity index is 2.36. The summed E-state index contributed by atoms with van der Waals surface area (Å²) in [5.41, 5.74) is 1.94. The molecule has 0 aliphatic heterocycles. The van der Waals surface area contributed by atoms with Crippen LogP contribution in [0.5, 0.6) is 5.75 Å². The van der Waals surface area contributed by atoms with Crippen LogP contribution in [0.25, 0.3) is 0 Å². The predicted octanol–water partition coefficient (Wildman–Crippen LogP) is 5.79. The second kappa shape index (κ2) is 8.37. The van der Waals surface area contributed by atoms with Gasteiger partial charge in [0.1, 0.15) is 11.9 Å².